The summed E-state index contributed by atoms with van der Waals surface area (Å²) in [5, 5.41) is 15.6. The van der Waals surface area contributed by atoms with Gasteiger partial charge in [0.25, 0.3) is 0 Å². The van der Waals surface area contributed by atoms with Gasteiger partial charge in [0.1, 0.15) is 5.69 Å². The first kappa shape index (κ1) is 16.8. The predicted octanol–water partition coefficient (Wildman–Crippen LogP) is 3.88. The van der Waals surface area contributed by atoms with Gasteiger partial charge in [-0.15, -0.1) is 0 Å². The van der Waals surface area contributed by atoms with Crippen LogP contribution in [0.5, 0.6) is 0 Å². The molecule has 0 atom stereocenters. The molecule has 0 radical (unpaired) electrons. The molecule has 4 rings (SSSR count). The number of carbonyl (C=O) groups is 1. The van der Waals surface area contributed by atoms with Gasteiger partial charge in [-0.3, -0.25) is 0 Å². The highest BCUT2D eigenvalue weighted by Crippen LogP contribution is 2.27. The van der Waals surface area contributed by atoms with E-state index >= 15 is 0 Å². The number of aromatic nitrogens is 2. The lowest BCUT2D eigenvalue weighted by Gasteiger charge is -2.09. The maximum absolute atomic E-state index is 11.3. The molecule has 0 fully saturated rings. The Morgan fingerprint density at radius 2 is 1.41 bits per heavy atom. The van der Waals surface area contributed by atoms with Gasteiger partial charge in [-0.05, 0) is 36.2 Å². The Morgan fingerprint density at radius 3 is 2.04 bits per heavy atom. The van der Waals surface area contributed by atoms with Crippen LogP contribution < -0.4 is 5.11 Å². The summed E-state index contributed by atoms with van der Waals surface area (Å²) in [6, 6.07) is 27.4. The molecule has 0 N–H and O–H groups in total. The van der Waals surface area contributed by atoms with Crippen molar-refractivity contribution in [1.29, 1.82) is 0 Å². The van der Waals surface area contributed by atoms with E-state index in [-0.39, 0.29) is 5.69 Å². The normalized spacial score (nSPS) is 10.7. The molecular weight excluding hydrogens is 336 g/mol. The van der Waals surface area contributed by atoms with E-state index < -0.39 is 5.97 Å². The first-order chi connectivity index (χ1) is 13.1. The third kappa shape index (κ3) is 3.37. The summed E-state index contributed by atoms with van der Waals surface area (Å²) in [5.74, 6) is -1.29. The number of hydrogen-bond acceptors (Lipinski definition) is 3. The molecule has 27 heavy (non-hydrogen) atoms. The molecule has 132 valence electrons. The van der Waals surface area contributed by atoms with Crippen molar-refractivity contribution in [3.63, 3.8) is 0 Å². The lowest BCUT2D eigenvalue weighted by Crippen LogP contribution is -2.22. The monoisotopic (exact) mass is 353 g/mol. The highest BCUT2D eigenvalue weighted by Gasteiger charge is 2.12. The smallest absolute Gasteiger partial charge is 0.109 e. The van der Waals surface area contributed by atoms with Crippen molar-refractivity contribution in [2.75, 3.05) is 0 Å². The number of aromatic carboxylic acids is 1. The van der Waals surface area contributed by atoms with Crippen LogP contribution in [0.15, 0.2) is 84.9 Å². The van der Waals surface area contributed by atoms with Gasteiger partial charge in [0.05, 0.1) is 17.4 Å². The zero-order valence-electron chi connectivity index (χ0n) is 14.8. The fourth-order valence-electron chi connectivity index (χ4n) is 3.03. The van der Waals surface area contributed by atoms with Gasteiger partial charge in [0.15, 0.2) is 0 Å². The molecule has 0 aliphatic heterocycles. The molecule has 1 heterocycles. The average molecular weight is 353 g/mol. The Kier molecular flexibility index (Phi) is 4.30. The van der Waals surface area contributed by atoms with Gasteiger partial charge in [-0.1, -0.05) is 72.3 Å². The van der Waals surface area contributed by atoms with Gasteiger partial charge < -0.3 is 9.90 Å². The summed E-state index contributed by atoms with van der Waals surface area (Å²) >= 11 is 0. The third-order valence-electron chi connectivity index (χ3n) is 4.48. The Morgan fingerprint density at radius 1 is 0.815 bits per heavy atom. The molecule has 3 aromatic carbocycles. The summed E-state index contributed by atoms with van der Waals surface area (Å²) in [5.41, 5.74) is 5.66. The van der Waals surface area contributed by atoms with Crippen LogP contribution in [-0.4, -0.2) is 15.7 Å². The van der Waals surface area contributed by atoms with Gasteiger partial charge >= 0.3 is 0 Å². The van der Waals surface area contributed by atoms with E-state index in [4.69, 9.17) is 0 Å². The van der Waals surface area contributed by atoms with Crippen LogP contribution in [0.3, 0.4) is 0 Å². The van der Waals surface area contributed by atoms with E-state index in [0.29, 0.717) is 5.69 Å². The second-order valence-corrected chi connectivity index (χ2v) is 6.39. The minimum absolute atomic E-state index is 0.0855. The number of carboxylic acids is 1. The lowest BCUT2D eigenvalue weighted by atomic mass is 10.0. The summed E-state index contributed by atoms with van der Waals surface area (Å²) in [6.07, 6.45) is 0. The van der Waals surface area contributed by atoms with E-state index in [1.54, 1.807) is 10.7 Å². The molecule has 0 unspecified atom stereocenters. The number of hydrogen-bond donors (Lipinski definition) is 0. The minimum atomic E-state index is -1.29. The van der Waals surface area contributed by atoms with Crippen molar-refractivity contribution >= 4 is 5.97 Å². The molecule has 0 saturated heterocycles. The number of carbonyl (C=O) groups excluding carboxylic acids is 1. The number of rotatable bonds is 4. The molecular formula is C23H17N2O2-. The van der Waals surface area contributed by atoms with E-state index in [9.17, 15) is 9.90 Å². The van der Waals surface area contributed by atoms with E-state index in [1.807, 2.05) is 73.7 Å². The van der Waals surface area contributed by atoms with Crippen molar-refractivity contribution in [2.24, 2.45) is 0 Å². The summed E-state index contributed by atoms with van der Waals surface area (Å²) < 4.78 is 1.64. The van der Waals surface area contributed by atoms with Crippen LogP contribution in [0.1, 0.15) is 16.1 Å². The highest BCUT2D eigenvalue weighted by molar-refractivity contribution is 5.85. The first-order valence-corrected chi connectivity index (χ1v) is 8.66. The number of carboxylic acid groups (broad SMARTS) is 1. The van der Waals surface area contributed by atoms with Crippen LogP contribution in [0, 0.1) is 6.92 Å². The number of benzene rings is 3. The standard InChI is InChI=1S/C23H18N2O2/c1-16-7-13-20(14-8-16)25-22(15-21(24-25)23(26)27)19-11-9-18(10-12-19)17-5-3-2-4-6-17/h2-15H,1H3,(H,26,27)/p-1. The van der Waals surface area contributed by atoms with Crippen LogP contribution in [0.25, 0.3) is 28.1 Å². The molecule has 4 nitrogen and oxygen atoms in total. The van der Waals surface area contributed by atoms with Crippen molar-refractivity contribution in [2.45, 2.75) is 6.92 Å². The zero-order valence-corrected chi connectivity index (χ0v) is 14.8. The molecule has 0 aliphatic rings. The van der Waals surface area contributed by atoms with Crippen LogP contribution in [-0.2, 0) is 0 Å². The van der Waals surface area contributed by atoms with Gasteiger partial charge in [-0.2, -0.15) is 5.10 Å². The molecule has 0 bridgehead atoms. The number of aryl methyl sites for hydroxylation is 1. The quantitative estimate of drug-likeness (QED) is 0.559. The first-order valence-electron chi connectivity index (χ1n) is 8.66. The highest BCUT2D eigenvalue weighted by atomic mass is 16.4. The van der Waals surface area contributed by atoms with Crippen LogP contribution in [0.2, 0.25) is 0 Å². The maximum Gasteiger partial charge on any atom is 0.109 e. The lowest BCUT2D eigenvalue weighted by molar-refractivity contribution is -0.255. The molecule has 0 spiro atoms. The SMILES string of the molecule is Cc1ccc(-n2nc(C(=O)[O-])cc2-c2ccc(-c3ccccc3)cc2)cc1. The topological polar surface area (TPSA) is 58.0 Å². The van der Waals surface area contributed by atoms with Gasteiger partial charge in [0, 0.05) is 5.56 Å². The van der Waals surface area contributed by atoms with Crippen molar-refractivity contribution in [1.82, 2.24) is 9.78 Å². The van der Waals surface area contributed by atoms with E-state index in [1.165, 1.54) is 0 Å². The Labute approximate surface area is 157 Å². The molecule has 0 saturated carbocycles. The molecule has 0 aliphatic carbocycles. The van der Waals surface area contributed by atoms with E-state index in [0.717, 1.165) is 27.9 Å². The van der Waals surface area contributed by atoms with Crippen molar-refractivity contribution in [3.8, 4) is 28.1 Å². The molecule has 4 aromatic rings. The number of nitrogens with zero attached hydrogens (tertiary/aromatic N) is 2. The van der Waals surface area contributed by atoms with Crippen LogP contribution >= 0.6 is 0 Å². The van der Waals surface area contributed by atoms with Gasteiger partial charge in [0.2, 0.25) is 0 Å². The Hall–Kier alpha value is -3.66. The second kappa shape index (κ2) is 6.92. The minimum Gasteiger partial charge on any atom is -0.543 e. The average Bonchev–Trinajstić information content (AvgIpc) is 3.15. The Balaban J connectivity index is 1.78. The molecule has 0 amide bonds. The Bertz CT molecular complexity index is 1080. The largest absolute Gasteiger partial charge is 0.543 e. The maximum atomic E-state index is 11.3. The predicted molar refractivity (Wildman–Crippen MR) is 104 cm³/mol. The van der Waals surface area contributed by atoms with Gasteiger partial charge in [-0.25, -0.2) is 4.68 Å². The van der Waals surface area contributed by atoms with Crippen LogP contribution in [0.4, 0.5) is 0 Å². The molecule has 1 aromatic heterocycles. The third-order valence-corrected chi connectivity index (χ3v) is 4.48. The second-order valence-electron chi connectivity index (χ2n) is 6.39. The van der Waals surface area contributed by atoms with E-state index in [2.05, 4.69) is 17.2 Å². The summed E-state index contributed by atoms with van der Waals surface area (Å²) in [6.45, 7) is 2.00. The fraction of sp³-hybridized carbons (Fsp3) is 0.0435. The van der Waals surface area contributed by atoms with Crippen molar-refractivity contribution in [3.05, 3.63) is 96.2 Å². The zero-order chi connectivity index (χ0) is 18.8. The molecule has 4 heteroatoms. The summed E-state index contributed by atoms with van der Waals surface area (Å²) in [7, 11) is 0. The summed E-state index contributed by atoms with van der Waals surface area (Å²) in [4.78, 5) is 11.3. The fourth-order valence-corrected chi connectivity index (χ4v) is 3.03. The van der Waals surface area contributed by atoms with Crippen molar-refractivity contribution < 1.29 is 9.90 Å².